The van der Waals surface area contributed by atoms with Crippen molar-refractivity contribution < 1.29 is 18.3 Å². The van der Waals surface area contributed by atoms with Crippen LogP contribution in [0.4, 0.5) is 14.5 Å². The Bertz CT molecular complexity index is 390. The second-order valence-corrected chi connectivity index (χ2v) is 3.96. The molecule has 0 saturated heterocycles. The molecule has 1 aromatic rings. The zero-order chi connectivity index (χ0) is 13.5. The van der Waals surface area contributed by atoms with E-state index in [1.807, 2.05) is 6.92 Å². The number of esters is 1. The Balaban J connectivity index is 2.85. The lowest BCUT2D eigenvalue weighted by atomic mass is 10.1. The Kier molecular flexibility index (Phi) is 5.55. The minimum Gasteiger partial charge on any atom is -0.467 e. The molecule has 18 heavy (non-hydrogen) atoms. The number of unbranched alkanes of at least 4 members (excludes halogenated alkanes) is 1. The van der Waals surface area contributed by atoms with Gasteiger partial charge in [0.15, 0.2) is 0 Å². The van der Waals surface area contributed by atoms with Crippen molar-refractivity contribution in [3.05, 3.63) is 29.8 Å². The van der Waals surface area contributed by atoms with Gasteiger partial charge >= 0.3 is 5.97 Å². The van der Waals surface area contributed by atoms with Crippen LogP contribution in [-0.2, 0) is 9.53 Å². The summed E-state index contributed by atoms with van der Waals surface area (Å²) in [4.78, 5) is 11.5. The first-order valence-electron chi connectivity index (χ1n) is 5.88. The Morgan fingerprint density at radius 2 is 2.00 bits per heavy atom. The fourth-order valence-electron chi connectivity index (χ4n) is 1.61. The molecule has 100 valence electrons. The molecule has 1 aromatic carbocycles. The van der Waals surface area contributed by atoms with E-state index in [0.717, 1.165) is 25.0 Å². The summed E-state index contributed by atoms with van der Waals surface area (Å²) >= 11 is 0. The van der Waals surface area contributed by atoms with E-state index in [-0.39, 0.29) is 5.69 Å². The van der Waals surface area contributed by atoms with Gasteiger partial charge in [-0.25, -0.2) is 13.6 Å². The fraction of sp³-hybridized carbons (Fsp3) is 0.462. The molecule has 5 heteroatoms. The summed E-state index contributed by atoms with van der Waals surface area (Å²) in [5.41, 5.74) is -0.288. The molecule has 1 atom stereocenters. The number of carbonyl (C=O) groups excluding carboxylic acids is 1. The summed E-state index contributed by atoms with van der Waals surface area (Å²) in [6.07, 6.45) is 2.12. The molecule has 0 spiro atoms. The first kappa shape index (κ1) is 14.4. The van der Waals surface area contributed by atoms with Crippen molar-refractivity contribution in [1.82, 2.24) is 0 Å². The van der Waals surface area contributed by atoms with E-state index in [2.05, 4.69) is 10.1 Å². The van der Waals surface area contributed by atoms with Crippen LogP contribution in [0.5, 0.6) is 0 Å². The molecule has 0 aliphatic carbocycles. The van der Waals surface area contributed by atoms with Crippen molar-refractivity contribution in [2.24, 2.45) is 0 Å². The monoisotopic (exact) mass is 257 g/mol. The van der Waals surface area contributed by atoms with Crippen molar-refractivity contribution in [1.29, 1.82) is 0 Å². The number of para-hydroxylation sites is 1. The van der Waals surface area contributed by atoms with Crippen LogP contribution >= 0.6 is 0 Å². The molecule has 1 N–H and O–H groups in total. The van der Waals surface area contributed by atoms with Crippen LogP contribution in [0, 0.1) is 11.6 Å². The van der Waals surface area contributed by atoms with Crippen molar-refractivity contribution in [2.45, 2.75) is 32.2 Å². The Morgan fingerprint density at radius 3 is 2.50 bits per heavy atom. The number of benzene rings is 1. The molecule has 0 fully saturated rings. The summed E-state index contributed by atoms with van der Waals surface area (Å²) in [7, 11) is 1.25. The highest BCUT2D eigenvalue weighted by atomic mass is 19.1. The predicted molar refractivity (Wildman–Crippen MR) is 65.3 cm³/mol. The van der Waals surface area contributed by atoms with E-state index in [1.165, 1.54) is 13.2 Å². The number of anilines is 1. The minimum atomic E-state index is -0.735. The fourth-order valence-corrected chi connectivity index (χ4v) is 1.61. The van der Waals surface area contributed by atoms with Crippen LogP contribution in [0.1, 0.15) is 26.2 Å². The van der Waals surface area contributed by atoms with E-state index < -0.39 is 23.6 Å². The summed E-state index contributed by atoms with van der Waals surface area (Å²) in [5.74, 6) is -1.97. The minimum absolute atomic E-state index is 0.288. The van der Waals surface area contributed by atoms with E-state index in [0.29, 0.717) is 6.42 Å². The van der Waals surface area contributed by atoms with E-state index in [4.69, 9.17) is 0 Å². The average molecular weight is 257 g/mol. The van der Waals surface area contributed by atoms with Crippen LogP contribution in [0.25, 0.3) is 0 Å². The summed E-state index contributed by atoms with van der Waals surface area (Å²) < 4.78 is 31.5. The Morgan fingerprint density at radius 1 is 1.39 bits per heavy atom. The molecule has 1 unspecified atom stereocenters. The molecular formula is C13H17F2NO2. The van der Waals surface area contributed by atoms with E-state index in [1.54, 1.807) is 0 Å². The highest BCUT2D eigenvalue weighted by Crippen LogP contribution is 2.20. The first-order chi connectivity index (χ1) is 8.60. The summed E-state index contributed by atoms with van der Waals surface area (Å²) in [6, 6.07) is 2.81. The SMILES string of the molecule is CCCCC(Nc1c(F)cccc1F)C(=O)OC. The topological polar surface area (TPSA) is 38.3 Å². The second kappa shape index (κ2) is 6.93. The van der Waals surface area contributed by atoms with Crippen LogP contribution in [0.3, 0.4) is 0 Å². The van der Waals surface area contributed by atoms with Crippen molar-refractivity contribution in [3.8, 4) is 0 Å². The molecular weight excluding hydrogens is 240 g/mol. The van der Waals surface area contributed by atoms with Gasteiger partial charge in [-0.15, -0.1) is 0 Å². The largest absolute Gasteiger partial charge is 0.467 e. The van der Waals surface area contributed by atoms with Crippen molar-refractivity contribution >= 4 is 11.7 Å². The van der Waals surface area contributed by atoms with Crippen molar-refractivity contribution in [2.75, 3.05) is 12.4 Å². The Hall–Kier alpha value is -1.65. The first-order valence-corrected chi connectivity index (χ1v) is 5.88. The van der Waals surface area contributed by atoms with Gasteiger partial charge in [0.1, 0.15) is 23.4 Å². The average Bonchev–Trinajstić information content (AvgIpc) is 2.36. The predicted octanol–water partition coefficient (Wildman–Crippen LogP) is 3.11. The van der Waals surface area contributed by atoms with Crippen molar-refractivity contribution in [3.63, 3.8) is 0 Å². The van der Waals surface area contributed by atoms with Gasteiger partial charge in [-0.05, 0) is 18.6 Å². The van der Waals surface area contributed by atoms with Gasteiger partial charge in [0.2, 0.25) is 0 Å². The number of ether oxygens (including phenoxy) is 1. The number of hydrogen-bond acceptors (Lipinski definition) is 3. The molecule has 0 radical (unpaired) electrons. The lowest BCUT2D eigenvalue weighted by molar-refractivity contribution is -0.141. The molecule has 0 saturated carbocycles. The third-order valence-corrected chi connectivity index (χ3v) is 2.61. The van der Waals surface area contributed by atoms with Gasteiger partial charge in [-0.2, -0.15) is 0 Å². The summed E-state index contributed by atoms with van der Waals surface area (Å²) in [5, 5.41) is 2.58. The third kappa shape index (κ3) is 3.68. The number of halogens is 2. The summed E-state index contributed by atoms with van der Waals surface area (Å²) in [6.45, 7) is 1.97. The van der Waals surface area contributed by atoms with E-state index >= 15 is 0 Å². The number of hydrogen-bond donors (Lipinski definition) is 1. The molecule has 0 heterocycles. The molecule has 3 nitrogen and oxygen atoms in total. The van der Waals surface area contributed by atoms with Gasteiger partial charge in [-0.1, -0.05) is 25.8 Å². The number of nitrogens with one attached hydrogen (secondary N) is 1. The third-order valence-electron chi connectivity index (χ3n) is 2.61. The maximum atomic E-state index is 13.4. The maximum Gasteiger partial charge on any atom is 0.328 e. The van der Waals surface area contributed by atoms with Gasteiger partial charge in [0.25, 0.3) is 0 Å². The number of rotatable bonds is 6. The Labute approximate surface area is 105 Å². The number of methoxy groups -OCH3 is 1. The van der Waals surface area contributed by atoms with Gasteiger partial charge < -0.3 is 10.1 Å². The zero-order valence-electron chi connectivity index (χ0n) is 10.5. The second-order valence-electron chi connectivity index (χ2n) is 3.96. The molecule has 0 bridgehead atoms. The smallest absolute Gasteiger partial charge is 0.328 e. The van der Waals surface area contributed by atoms with Crippen LogP contribution < -0.4 is 5.32 Å². The van der Waals surface area contributed by atoms with Crippen LogP contribution in [-0.4, -0.2) is 19.1 Å². The standard InChI is InChI=1S/C13H17F2NO2/c1-3-4-8-11(13(17)18-2)16-12-9(14)6-5-7-10(12)15/h5-7,11,16H,3-4,8H2,1-2H3. The lowest BCUT2D eigenvalue weighted by Crippen LogP contribution is -2.31. The lowest BCUT2D eigenvalue weighted by Gasteiger charge is -2.18. The van der Waals surface area contributed by atoms with Gasteiger partial charge in [0, 0.05) is 0 Å². The molecule has 0 aliphatic heterocycles. The zero-order valence-corrected chi connectivity index (χ0v) is 10.5. The molecule has 0 aromatic heterocycles. The van der Waals surface area contributed by atoms with E-state index in [9.17, 15) is 13.6 Å². The quantitative estimate of drug-likeness (QED) is 0.796. The van der Waals surface area contributed by atoms with Gasteiger partial charge in [0.05, 0.1) is 7.11 Å². The molecule has 1 rings (SSSR count). The normalized spacial score (nSPS) is 12.0. The van der Waals surface area contributed by atoms with Crippen LogP contribution in [0.15, 0.2) is 18.2 Å². The highest BCUT2D eigenvalue weighted by Gasteiger charge is 2.21. The molecule has 0 aliphatic rings. The maximum absolute atomic E-state index is 13.4. The number of carbonyl (C=O) groups is 1. The van der Waals surface area contributed by atoms with Crippen LogP contribution in [0.2, 0.25) is 0 Å². The highest BCUT2D eigenvalue weighted by molar-refractivity contribution is 5.79. The van der Waals surface area contributed by atoms with Gasteiger partial charge in [-0.3, -0.25) is 0 Å². The molecule has 0 amide bonds.